The normalized spacial score (nSPS) is 14.9. The van der Waals surface area contributed by atoms with Gasteiger partial charge in [-0.2, -0.15) is 0 Å². The Kier molecular flexibility index (Phi) is 10.9. The van der Waals surface area contributed by atoms with Crippen molar-refractivity contribution in [2.24, 2.45) is 0 Å². The molecule has 1 atom stereocenters. The molecule has 1 aliphatic heterocycles. The summed E-state index contributed by atoms with van der Waals surface area (Å²) in [5.74, 6) is 1.12. The van der Waals surface area contributed by atoms with Crippen molar-refractivity contribution in [2.75, 3.05) is 26.7 Å². The Morgan fingerprint density at radius 1 is 1.14 bits per heavy atom. The summed E-state index contributed by atoms with van der Waals surface area (Å²) in [6.45, 7) is 5.91. The van der Waals surface area contributed by atoms with Gasteiger partial charge in [0.1, 0.15) is 18.5 Å². The van der Waals surface area contributed by atoms with Gasteiger partial charge in [0.25, 0.3) is 0 Å². The van der Waals surface area contributed by atoms with Crippen LogP contribution in [0.1, 0.15) is 33.1 Å². The molecule has 2 aromatic carbocycles. The third-order valence-electron chi connectivity index (χ3n) is 4.50. The Morgan fingerprint density at radius 3 is 2.50 bits per heavy atom. The Balaban J connectivity index is 0.000000367. The Labute approximate surface area is 174 Å². The van der Waals surface area contributed by atoms with Gasteiger partial charge in [-0.3, -0.25) is 4.79 Å². The van der Waals surface area contributed by atoms with Crippen LogP contribution in [0.5, 0.6) is 5.75 Å². The number of aliphatic hydroxyl groups is 1. The summed E-state index contributed by atoms with van der Waals surface area (Å²) in [6.07, 6.45) is 2.53. The van der Waals surface area contributed by atoms with E-state index in [9.17, 15) is 9.90 Å². The highest BCUT2D eigenvalue weighted by atomic mass is 35.5. The smallest absolute Gasteiger partial charge is 0.222 e. The van der Waals surface area contributed by atoms with Crippen molar-refractivity contribution in [2.45, 2.75) is 45.3 Å². The van der Waals surface area contributed by atoms with Crippen LogP contribution in [0, 0.1) is 0 Å². The molecule has 0 spiro atoms. The van der Waals surface area contributed by atoms with Crippen molar-refractivity contribution in [1.29, 1.82) is 0 Å². The highest BCUT2D eigenvalue weighted by Crippen LogP contribution is 2.25. The highest BCUT2D eigenvalue weighted by Gasteiger charge is 2.12. The van der Waals surface area contributed by atoms with Gasteiger partial charge in [-0.15, -0.1) is 12.4 Å². The van der Waals surface area contributed by atoms with Gasteiger partial charge in [0.05, 0.1) is 0 Å². The zero-order valence-electron chi connectivity index (χ0n) is 17.1. The number of halogens is 1. The Bertz CT molecular complexity index is 718. The number of amides is 1. The molecular weight excluding hydrogens is 376 g/mol. The minimum atomic E-state index is -0.499. The first-order chi connectivity index (χ1) is 13.0. The second-order valence-electron chi connectivity index (χ2n) is 7.28. The molecule has 1 aliphatic rings. The monoisotopic (exact) mass is 408 g/mol. The van der Waals surface area contributed by atoms with Crippen molar-refractivity contribution < 1.29 is 14.6 Å². The number of carbonyl (C=O) groups is 1. The largest absolute Gasteiger partial charge is 0.490 e. The lowest BCUT2D eigenvalue weighted by molar-refractivity contribution is -0.131. The number of nitrogens with zero attached hydrogens (tertiary/aromatic N) is 1. The van der Waals surface area contributed by atoms with Gasteiger partial charge >= 0.3 is 0 Å². The summed E-state index contributed by atoms with van der Waals surface area (Å²) in [6, 6.07) is 14.4. The van der Waals surface area contributed by atoms with Crippen molar-refractivity contribution in [3.63, 3.8) is 0 Å². The quantitative estimate of drug-likeness (QED) is 0.766. The molecule has 28 heavy (non-hydrogen) atoms. The number of likely N-dealkylation sites (tertiary alicyclic amines) is 1. The maximum atomic E-state index is 10.7. The van der Waals surface area contributed by atoms with E-state index in [2.05, 4.69) is 31.3 Å². The molecule has 3 rings (SSSR count). The van der Waals surface area contributed by atoms with Crippen LogP contribution in [-0.4, -0.2) is 54.8 Å². The molecule has 156 valence electrons. The first-order valence-electron chi connectivity index (χ1n) is 9.73. The molecule has 0 bridgehead atoms. The van der Waals surface area contributed by atoms with Crippen LogP contribution in [0.25, 0.3) is 10.8 Å². The second kappa shape index (κ2) is 12.6. The molecule has 1 fully saturated rings. The van der Waals surface area contributed by atoms with Gasteiger partial charge < -0.3 is 20.1 Å². The van der Waals surface area contributed by atoms with Crippen LogP contribution < -0.4 is 10.1 Å². The minimum Gasteiger partial charge on any atom is -0.490 e. The van der Waals surface area contributed by atoms with Crippen LogP contribution in [-0.2, 0) is 4.79 Å². The van der Waals surface area contributed by atoms with Gasteiger partial charge in [0, 0.05) is 38.0 Å². The molecule has 1 amide bonds. The van der Waals surface area contributed by atoms with E-state index in [1.807, 2.05) is 37.4 Å². The molecule has 5 nitrogen and oxygen atoms in total. The molecule has 0 aromatic heterocycles. The van der Waals surface area contributed by atoms with E-state index in [0.29, 0.717) is 25.1 Å². The zero-order chi connectivity index (χ0) is 19.6. The van der Waals surface area contributed by atoms with Crippen LogP contribution in [0.15, 0.2) is 42.5 Å². The molecule has 2 N–H and O–H groups in total. The molecule has 1 unspecified atom stereocenters. The molecule has 6 heteroatoms. The average molecular weight is 409 g/mol. The zero-order valence-corrected chi connectivity index (χ0v) is 17.9. The van der Waals surface area contributed by atoms with Gasteiger partial charge in [0.2, 0.25) is 5.91 Å². The third kappa shape index (κ3) is 8.05. The van der Waals surface area contributed by atoms with Crippen molar-refractivity contribution in [3.05, 3.63) is 42.5 Å². The van der Waals surface area contributed by atoms with E-state index < -0.39 is 6.10 Å². The minimum absolute atomic E-state index is 0. The summed E-state index contributed by atoms with van der Waals surface area (Å²) in [5, 5.41) is 15.3. The van der Waals surface area contributed by atoms with Crippen molar-refractivity contribution in [1.82, 2.24) is 10.2 Å². The first kappa shape index (κ1) is 24.2. The lowest BCUT2D eigenvalue weighted by atomic mass is 10.1. The lowest BCUT2D eigenvalue weighted by Gasteiger charge is -2.21. The van der Waals surface area contributed by atoms with E-state index in [0.717, 1.165) is 35.9 Å². The SMILES string of the molecule is CC(C)NCC(O)COc1cccc2ccccc12.CN1CCCCC1=O.Cl. The van der Waals surface area contributed by atoms with E-state index in [-0.39, 0.29) is 12.4 Å². The van der Waals surface area contributed by atoms with E-state index >= 15 is 0 Å². The van der Waals surface area contributed by atoms with E-state index in [1.165, 1.54) is 6.42 Å². The molecule has 0 radical (unpaired) electrons. The Hall–Kier alpha value is -1.82. The summed E-state index contributed by atoms with van der Waals surface area (Å²) >= 11 is 0. The van der Waals surface area contributed by atoms with Gasteiger partial charge in [0.15, 0.2) is 0 Å². The fraction of sp³-hybridized carbons (Fsp3) is 0.500. The van der Waals surface area contributed by atoms with Crippen LogP contribution in [0.4, 0.5) is 0 Å². The summed E-state index contributed by atoms with van der Waals surface area (Å²) in [5.41, 5.74) is 0. The van der Waals surface area contributed by atoms with Gasteiger partial charge in [-0.25, -0.2) is 0 Å². The first-order valence-corrected chi connectivity index (χ1v) is 9.73. The third-order valence-corrected chi connectivity index (χ3v) is 4.50. The number of piperidine rings is 1. The lowest BCUT2D eigenvalue weighted by Crippen LogP contribution is -2.35. The average Bonchev–Trinajstić information content (AvgIpc) is 2.67. The number of rotatable bonds is 6. The maximum absolute atomic E-state index is 10.7. The molecule has 0 saturated carbocycles. The van der Waals surface area contributed by atoms with Gasteiger partial charge in [-0.1, -0.05) is 50.2 Å². The Morgan fingerprint density at radius 2 is 1.86 bits per heavy atom. The topological polar surface area (TPSA) is 61.8 Å². The second-order valence-corrected chi connectivity index (χ2v) is 7.28. The van der Waals surface area contributed by atoms with Crippen molar-refractivity contribution in [3.8, 4) is 5.75 Å². The van der Waals surface area contributed by atoms with Crippen LogP contribution >= 0.6 is 12.4 Å². The number of hydrogen-bond acceptors (Lipinski definition) is 4. The number of nitrogens with one attached hydrogen (secondary N) is 1. The predicted octanol–water partition coefficient (Wildman–Crippen LogP) is 3.63. The summed E-state index contributed by atoms with van der Waals surface area (Å²) in [7, 11) is 1.86. The van der Waals surface area contributed by atoms with Crippen LogP contribution in [0.2, 0.25) is 0 Å². The molecule has 1 saturated heterocycles. The molecule has 1 heterocycles. The fourth-order valence-corrected chi connectivity index (χ4v) is 2.88. The fourth-order valence-electron chi connectivity index (χ4n) is 2.88. The highest BCUT2D eigenvalue weighted by molar-refractivity contribution is 5.88. The van der Waals surface area contributed by atoms with Crippen molar-refractivity contribution >= 4 is 29.1 Å². The number of ether oxygens (including phenoxy) is 1. The summed E-state index contributed by atoms with van der Waals surface area (Å²) in [4.78, 5) is 12.5. The summed E-state index contributed by atoms with van der Waals surface area (Å²) < 4.78 is 5.72. The van der Waals surface area contributed by atoms with E-state index in [1.54, 1.807) is 4.90 Å². The molecule has 2 aromatic rings. The van der Waals surface area contributed by atoms with E-state index in [4.69, 9.17) is 4.74 Å². The van der Waals surface area contributed by atoms with Crippen LogP contribution in [0.3, 0.4) is 0 Å². The standard InChI is InChI=1S/C16H21NO2.C6H11NO.ClH/c1-12(2)17-10-14(18)11-19-16-9-5-7-13-6-3-4-8-15(13)16;1-7-5-3-2-4-6(7)8;/h3-9,12,14,17-18H,10-11H2,1-2H3;2-5H2,1H3;1H. The number of hydrogen-bond donors (Lipinski definition) is 2. The number of carbonyl (C=O) groups excluding carboxylic acids is 1. The molecular formula is C22H33ClN2O3. The number of benzene rings is 2. The number of aliphatic hydroxyl groups excluding tert-OH is 1. The number of fused-ring (bicyclic) bond motifs is 1. The maximum Gasteiger partial charge on any atom is 0.222 e. The predicted molar refractivity (Wildman–Crippen MR) is 117 cm³/mol. The molecule has 0 aliphatic carbocycles. The van der Waals surface area contributed by atoms with Gasteiger partial charge in [-0.05, 0) is 24.3 Å².